The van der Waals surface area contributed by atoms with Crippen LogP contribution in [0.5, 0.6) is 0 Å². The zero-order valence-electron chi connectivity index (χ0n) is 8.85. The Balaban J connectivity index is 2.85. The number of halogens is 1. The van der Waals surface area contributed by atoms with E-state index < -0.39 is 0 Å². The van der Waals surface area contributed by atoms with Gasteiger partial charge in [-0.1, -0.05) is 0 Å². The van der Waals surface area contributed by atoms with E-state index in [1.54, 1.807) is 13.0 Å². The molecular weight excluding hydrogens is 256 g/mol. The highest BCUT2D eigenvalue weighted by atomic mass is 79.9. The van der Waals surface area contributed by atoms with Gasteiger partial charge in [0.1, 0.15) is 11.3 Å². The number of furan rings is 1. The molecule has 1 aromatic carbocycles. The maximum Gasteiger partial charge on any atom is 0.159 e. The standard InChI is InChI=1S/C12H11BrO2/c1-6-8(3)15-12-10(6)4-9(7(2)14)5-11(12)13/h4-5H,1-3H3. The number of carbonyl (C=O) groups excluding carboxylic acids is 1. The van der Waals surface area contributed by atoms with E-state index in [9.17, 15) is 4.79 Å². The Morgan fingerprint density at radius 1 is 1.33 bits per heavy atom. The second-order valence-electron chi connectivity index (χ2n) is 3.67. The van der Waals surface area contributed by atoms with Crippen LogP contribution in [0.3, 0.4) is 0 Å². The van der Waals surface area contributed by atoms with Crippen LogP contribution in [0.1, 0.15) is 28.6 Å². The molecular formula is C12H11BrO2. The first-order chi connectivity index (χ1) is 7.00. The molecule has 1 heterocycles. The lowest BCUT2D eigenvalue weighted by molar-refractivity contribution is 0.101. The molecule has 0 unspecified atom stereocenters. The molecule has 0 spiro atoms. The number of hydrogen-bond acceptors (Lipinski definition) is 2. The Kier molecular flexibility index (Phi) is 2.43. The van der Waals surface area contributed by atoms with Gasteiger partial charge in [0.25, 0.3) is 0 Å². The van der Waals surface area contributed by atoms with Gasteiger partial charge in [0.2, 0.25) is 0 Å². The third-order valence-corrected chi connectivity index (χ3v) is 3.23. The summed E-state index contributed by atoms with van der Waals surface area (Å²) in [7, 11) is 0. The summed E-state index contributed by atoms with van der Waals surface area (Å²) in [5.41, 5.74) is 2.61. The number of benzene rings is 1. The first-order valence-electron chi connectivity index (χ1n) is 4.71. The quantitative estimate of drug-likeness (QED) is 0.730. The third kappa shape index (κ3) is 1.61. The average molecular weight is 267 g/mol. The molecule has 0 aliphatic carbocycles. The summed E-state index contributed by atoms with van der Waals surface area (Å²) in [6.45, 7) is 5.49. The molecule has 2 aromatic rings. The van der Waals surface area contributed by atoms with Crippen LogP contribution in [0.25, 0.3) is 11.0 Å². The van der Waals surface area contributed by atoms with Gasteiger partial charge in [-0.2, -0.15) is 0 Å². The molecule has 0 aliphatic rings. The van der Waals surface area contributed by atoms with Crippen LogP contribution >= 0.6 is 15.9 Å². The predicted molar refractivity (Wildman–Crippen MR) is 63.4 cm³/mol. The summed E-state index contributed by atoms with van der Waals surface area (Å²) < 4.78 is 6.44. The summed E-state index contributed by atoms with van der Waals surface area (Å²) in [6, 6.07) is 3.68. The van der Waals surface area contributed by atoms with Gasteiger partial charge in [-0.05, 0) is 54.4 Å². The monoisotopic (exact) mass is 266 g/mol. The maximum absolute atomic E-state index is 11.3. The molecule has 1 aromatic heterocycles. The first-order valence-corrected chi connectivity index (χ1v) is 5.50. The Hall–Kier alpha value is -1.09. The zero-order chi connectivity index (χ0) is 11.2. The molecule has 0 saturated carbocycles. The van der Waals surface area contributed by atoms with Crippen molar-refractivity contribution in [1.29, 1.82) is 0 Å². The molecule has 0 N–H and O–H groups in total. The van der Waals surface area contributed by atoms with Gasteiger partial charge in [0.05, 0.1) is 4.47 Å². The van der Waals surface area contributed by atoms with Crippen molar-refractivity contribution in [1.82, 2.24) is 0 Å². The molecule has 3 heteroatoms. The summed E-state index contributed by atoms with van der Waals surface area (Å²) >= 11 is 3.42. The second kappa shape index (κ2) is 3.49. The molecule has 0 saturated heterocycles. The fraction of sp³-hybridized carbons (Fsp3) is 0.250. The lowest BCUT2D eigenvalue weighted by Crippen LogP contribution is -1.91. The Morgan fingerprint density at radius 2 is 2.00 bits per heavy atom. The Labute approximate surface area is 96.4 Å². The highest BCUT2D eigenvalue weighted by Crippen LogP contribution is 2.32. The van der Waals surface area contributed by atoms with Gasteiger partial charge in [-0.25, -0.2) is 0 Å². The van der Waals surface area contributed by atoms with Gasteiger partial charge < -0.3 is 4.42 Å². The third-order valence-electron chi connectivity index (χ3n) is 2.64. The van der Waals surface area contributed by atoms with E-state index in [0.717, 1.165) is 26.8 Å². The molecule has 0 aliphatic heterocycles. The molecule has 2 nitrogen and oxygen atoms in total. The number of aryl methyl sites for hydroxylation is 2. The highest BCUT2D eigenvalue weighted by Gasteiger charge is 2.12. The van der Waals surface area contributed by atoms with Crippen molar-refractivity contribution in [3.63, 3.8) is 0 Å². The molecule has 2 rings (SSSR count). The van der Waals surface area contributed by atoms with Crippen LogP contribution in [-0.4, -0.2) is 5.78 Å². The number of carbonyl (C=O) groups is 1. The van der Waals surface area contributed by atoms with Gasteiger partial charge in [-0.3, -0.25) is 4.79 Å². The second-order valence-corrected chi connectivity index (χ2v) is 4.53. The van der Waals surface area contributed by atoms with Gasteiger partial charge >= 0.3 is 0 Å². The summed E-state index contributed by atoms with van der Waals surface area (Å²) in [5, 5.41) is 1.01. The number of ketones is 1. The summed E-state index contributed by atoms with van der Waals surface area (Å²) in [4.78, 5) is 11.3. The van der Waals surface area contributed by atoms with Crippen molar-refractivity contribution in [2.75, 3.05) is 0 Å². The normalized spacial score (nSPS) is 10.9. The maximum atomic E-state index is 11.3. The van der Waals surface area contributed by atoms with Crippen LogP contribution in [0, 0.1) is 13.8 Å². The lowest BCUT2D eigenvalue weighted by atomic mass is 10.1. The zero-order valence-corrected chi connectivity index (χ0v) is 10.4. The molecule has 0 radical (unpaired) electrons. The SMILES string of the molecule is CC(=O)c1cc(Br)c2oc(C)c(C)c2c1. The number of hydrogen-bond donors (Lipinski definition) is 0. The van der Waals surface area contributed by atoms with Gasteiger partial charge in [-0.15, -0.1) is 0 Å². The van der Waals surface area contributed by atoms with E-state index in [-0.39, 0.29) is 5.78 Å². The molecule has 0 atom stereocenters. The van der Waals surface area contributed by atoms with Crippen molar-refractivity contribution < 1.29 is 9.21 Å². The minimum absolute atomic E-state index is 0.0656. The molecule has 15 heavy (non-hydrogen) atoms. The lowest BCUT2D eigenvalue weighted by Gasteiger charge is -1.98. The van der Waals surface area contributed by atoms with Crippen LogP contribution in [0.15, 0.2) is 21.0 Å². The van der Waals surface area contributed by atoms with Crippen LogP contribution in [-0.2, 0) is 0 Å². The molecule has 0 bridgehead atoms. The first kappa shape index (κ1) is 10.4. The van der Waals surface area contributed by atoms with E-state index in [1.807, 2.05) is 19.9 Å². The van der Waals surface area contributed by atoms with E-state index in [2.05, 4.69) is 15.9 Å². The van der Waals surface area contributed by atoms with E-state index >= 15 is 0 Å². The number of Topliss-reactive ketones (excluding diaryl/α,β-unsaturated/α-hetero) is 1. The summed E-state index contributed by atoms with van der Waals surface area (Å²) in [6.07, 6.45) is 0. The Morgan fingerprint density at radius 3 is 2.60 bits per heavy atom. The largest absolute Gasteiger partial charge is 0.460 e. The predicted octanol–water partition coefficient (Wildman–Crippen LogP) is 4.01. The van der Waals surface area contributed by atoms with Crippen LogP contribution in [0.4, 0.5) is 0 Å². The minimum atomic E-state index is 0.0656. The van der Waals surface area contributed by atoms with E-state index in [1.165, 1.54) is 0 Å². The topological polar surface area (TPSA) is 30.2 Å². The molecule has 0 amide bonds. The van der Waals surface area contributed by atoms with Crippen molar-refractivity contribution in [3.05, 3.63) is 33.5 Å². The number of rotatable bonds is 1. The molecule has 78 valence electrons. The van der Waals surface area contributed by atoms with Crippen molar-refractivity contribution in [2.24, 2.45) is 0 Å². The number of fused-ring (bicyclic) bond motifs is 1. The highest BCUT2D eigenvalue weighted by molar-refractivity contribution is 9.10. The van der Waals surface area contributed by atoms with E-state index in [4.69, 9.17) is 4.42 Å². The van der Waals surface area contributed by atoms with E-state index in [0.29, 0.717) is 5.56 Å². The summed E-state index contributed by atoms with van der Waals surface area (Å²) in [5.74, 6) is 0.960. The van der Waals surface area contributed by atoms with Crippen molar-refractivity contribution >= 4 is 32.7 Å². The minimum Gasteiger partial charge on any atom is -0.460 e. The average Bonchev–Trinajstić information content (AvgIpc) is 2.45. The van der Waals surface area contributed by atoms with Crippen molar-refractivity contribution in [2.45, 2.75) is 20.8 Å². The smallest absolute Gasteiger partial charge is 0.159 e. The van der Waals surface area contributed by atoms with Gasteiger partial charge in [0.15, 0.2) is 5.78 Å². The van der Waals surface area contributed by atoms with Gasteiger partial charge in [0, 0.05) is 10.9 Å². The molecule has 0 fully saturated rings. The fourth-order valence-corrected chi connectivity index (χ4v) is 2.14. The Bertz CT molecular complexity index is 552. The van der Waals surface area contributed by atoms with Crippen molar-refractivity contribution in [3.8, 4) is 0 Å². The van der Waals surface area contributed by atoms with Crippen LogP contribution in [0.2, 0.25) is 0 Å². The fourth-order valence-electron chi connectivity index (χ4n) is 1.60. The van der Waals surface area contributed by atoms with Crippen LogP contribution < -0.4 is 0 Å².